The Bertz CT molecular complexity index is 756. The summed E-state index contributed by atoms with van der Waals surface area (Å²) in [6, 6.07) is 16.1. The van der Waals surface area contributed by atoms with Crippen molar-refractivity contribution in [2.24, 2.45) is 5.92 Å². The monoisotopic (exact) mass is 386 g/mol. The van der Waals surface area contributed by atoms with E-state index in [1.807, 2.05) is 24.3 Å². The third kappa shape index (κ3) is 4.55. The smallest absolute Gasteiger partial charge is 0.128 e. The first-order chi connectivity index (χ1) is 13.4. The Kier molecular flexibility index (Phi) is 6.73. The summed E-state index contributed by atoms with van der Waals surface area (Å²) in [7, 11) is 0. The quantitative estimate of drug-likeness (QED) is 0.611. The van der Waals surface area contributed by atoms with Crippen molar-refractivity contribution in [2.75, 3.05) is 6.61 Å². The Balaban J connectivity index is 1.76. The van der Waals surface area contributed by atoms with Gasteiger partial charge in [0.25, 0.3) is 0 Å². The minimum Gasteiger partial charge on any atom is -0.487 e. The number of aliphatic hydroxyl groups is 4. The topological polar surface area (TPSA) is 90.2 Å². The SMILES string of the molecule is CC(C)c1ccc(Cc2ccccc2O[C@@H]2C[C@H](CO)[C@@H](O)[C@H](O)[C@H]2O)cc1. The normalized spacial score (nSPS) is 27.8. The number of hydrogen-bond acceptors (Lipinski definition) is 5. The molecule has 5 heteroatoms. The van der Waals surface area contributed by atoms with Gasteiger partial charge in [0, 0.05) is 18.9 Å². The summed E-state index contributed by atoms with van der Waals surface area (Å²) in [5.41, 5.74) is 3.43. The molecule has 0 spiro atoms. The van der Waals surface area contributed by atoms with Crippen LogP contribution in [0, 0.1) is 5.92 Å². The number of ether oxygens (including phenoxy) is 1. The standard InChI is InChI=1S/C23H30O5/c1-14(2)16-9-7-15(8-10-16)11-17-5-3-4-6-19(17)28-20-12-18(13-24)21(25)23(27)22(20)26/h3-10,14,18,20-27H,11-13H2,1-2H3/t18-,20-,21-,22+,23+/m1/s1. The van der Waals surface area contributed by atoms with Crippen LogP contribution in [0.1, 0.15) is 42.9 Å². The highest BCUT2D eigenvalue weighted by Gasteiger charge is 2.43. The molecule has 152 valence electrons. The zero-order valence-corrected chi connectivity index (χ0v) is 16.4. The number of aliphatic hydroxyl groups excluding tert-OH is 4. The zero-order chi connectivity index (χ0) is 20.3. The molecule has 0 bridgehead atoms. The van der Waals surface area contributed by atoms with Crippen molar-refractivity contribution in [3.63, 3.8) is 0 Å². The average molecular weight is 386 g/mol. The molecular formula is C23H30O5. The van der Waals surface area contributed by atoms with Crippen LogP contribution in [0.15, 0.2) is 48.5 Å². The van der Waals surface area contributed by atoms with Gasteiger partial charge in [-0.1, -0.05) is 56.3 Å². The number of hydrogen-bond donors (Lipinski definition) is 4. The summed E-state index contributed by atoms with van der Waals surface area (Å²) in [5, 5.41) is 39.8. The third-order valence-electron chi connectivity index (χ3n) is 5.63. The van der Waals surface area contributed by atoms with Gasteiger partial charge in [0.05, 0.1) is 6.10 Å². The van der Waals surface area contributed by atoms with Gasteiger partial charge in [-0.25, -0.2) is 0 Å². The second-order valence-corrected chi connectivity index (χ2v) is 7.99. The van der Waals surface area contributed by atoms with Gasteiger partial charge < -0.3 is 25.2 Å². The van der Waals surface area contributed by atoms with E-state index in [0.717, 1.165) is 11.1 Å². The molecule has 0 saturated heterocycles. The number of benzene rings is 2. The molecule has 5 nitrogen and oxygen atoms in total. The first-order valence-corrected chi connectivity index (χ1v) is 9.89. The maximum atomic E-state index is 10.3. The fraction of sp³-hybridized carbons (Fsp3) is 0.478. The van der Waals surface area contributed by atoms with E-state index < -0.39 is 30.3 Å². The second-order valence-electron chi connectivity index (χ2n) is 7.99. The molecule has 0 amide bonds. The predicted molar refractivity (Wildman–Crippen MR) is 107 cm³/mol. The van der Waals surface area contributed by atoms with Gasteiger partial charge in [0.1, 0.15) is 24.1 Å². The van der Waals surface area contributed by atoms with Gasteiger partial charge in [-0.2, -0.15) is 0 Å². The molecule has 5 atom stereocenters. The maximum Gasteiger partial charge on any atom is 0.128 e. The number of rotatable bonds is 6. The van der Waals surface area contributed by atoms with Crippen LogP contribution in [0.2, 0.25) is 0 Å². The van der Waals surface area contributed by atoms with Crippen LogP contribution in [-0.2, 0) is 6.42 Å². The van der Waals surface area contributed by atoms with Crippen LogP contribution in [0.5, 0.6) is 5.75 Å². The van der Waals surface area contributed by atoms with Crippen LogP contribution in [0.25, 0.3) is 0 Å². The Hall–Kier alpha value is -1.92. The lowest BCUT2D eigenvalue weighted by atomic mass is 9.81. The average Bonchev–Trinajstić information content (AvgIpc) is 2.70. The molecule has 0 radical (unpaired) electrons. The summed E-state index contributed by atoms with van der Waals surface area (Å²) in [4.78, 5) is 0. The Morgan fingerprint density at radius 1 is 0.929 bits per heavy atom. The van der Waals surface area contributed by atoms with Gasteiger partial charge in [-0.05, 0) is 35.1 Å². The fourth-order valence-corrected chi connectivity index (χ4v) is 3.75. The summed E-state index contributed by atoms with van der Waals surface area (Å²) >= 11 is 0. The molecule has 0 heterocycles. The van der Waals surface area contributed by atoms with Crippen LogP contribution < -0.4 is 4.74 Å². The van der Waals surface area contributed by atoms with Crippen molar-refractivity contribution in [3.8, 4) is 5.75 Å². The maximum absolute atomic E-state index is 10.3. The lowest BCUT2D eigenvalue weighted by Gasteiger charge is -2.39. The molecule has 0 aromatic heterocycles. The van der Waals surface area contributed by atoms with Gasteiger partial charge in [-0.3, -0.25) is 0 Å². The number of para-hydroxylation sites is 1. The highest BCUT2D eigenvalue weighted by molar-refractivity contribution is 5.38. The van der Waals surface area contributed by atoms with Gasteiger partial charge in [0.2, 0.25) is 0 Å². The molecule has 3 rings (SSSR count). The van der Waals surface area contributed by atoms with E-state index in [1.165, 1.54) is 5.56 Å². The second kappa shape index (κ2) is 9.05. The van der Waals surface area contributed by atoms with Crippen molar-refractivity contribution in [3.05, 3.63) is 65.2 Å². The van der Waals surface area contributed by atoms with Gasteiger partial charge in [0.15, 0.2) is 0 Å². The molecule has 2 aromatic carbocycles. The van der Waals surface area contributed by atoms with E-state index in [1.54, 1.807) is 0 Å². The van der Waals surface area contributed by atoms with Crippen LogP contribution in [0.3, 0.4) is 0 Å². The molecule has 4 N–H and O–H groups in total. The van der Waals surface area contributed by atoms with E-state index in [9.17, 15) is 20.4 Å². The van der Waals surface area contributed by atoms with Crippen LogP contribution >= 0.6 is 0 Å². The van der Waals surface area contributed by atoms with E-state index in [-0.39, 0.29) is 13.0 Å². The van der Waals surface area contributed by atoms with Crippen LogP contribution in [0.4, 0.5) is 0 Å². The van der Waals surface area contributed by atoms with Crippen molar-refractivity contribution < 1.29 is 25.2 Å². The van der Waals surface area contributed by atoms with Crippen molar-refractivity contribution in [1.29, 1.82) is 0 Å². The first-order valence-electron chi connectivity index (χ1n) is 9.89. The van der Waals surface area contributed by atoms with Gasteiger partial charge >= 0.3 is 0 Å². The highest BCUT2D eigenvalue weighted by Crippen LogP contribution is 2.31. The summed E-state index contributed by atoms with van der Waals surface area (Å²) in [5.74, 6) is 0.595. The summed E-state index contributed by atoms with van der Waals surface area (Å²) < 4.78 is 6.05. The molecule has 0 unspecified atom stereocenters. The Labute approximate surface area is 166 Å². The molecule has 0 aliphatic heterocycles. The zero-order valence-electron chi connectivity index (χ0n) is 16.4. The third-order valence-corrected chi connectivity index (χ3v) is 5.63. The lowest BCUT2D eigenvalue weighted by molar-refractivity contribution is -0.157. The molecule has 2 aromatic rings. The molecule has 1 fully saturated rings. The first kappa shape index (κ1) is 20.8. The minimum atomic E-state index is -1.34. The Morgan fingerprint density at radius 2 is 1.61 bits per heavy atom. The van der Waals surface area contributed by atoms with Crippen molar-refractivity contribution in [2.45, 2.75) is 57.0 Å². The van der Waals surface area contributed by atoms with E-state index in [4.69, 9.17) is 4.74 Å². The summed E-state index contributed by atoms with van der Waals surface area (Å²) in [6.45, 7) is 4.06. The largest absolute Gasteiger partial charge is 0.487 e. The Morgan fingerprint density at radius 3 is 2.25 bits per heavy atom. The fourth-order valence-electron chi connectivity index (χ4n) is 3.75. The minimum absolute atomic E-state index is 0.269. The van der Waals surface area contributed by atoms with Gasteiger partial charge in [-0.15, -0.1) is 0 Å². The van der Waals surface area contributed by atoms with Crippen molar-refractivity contribution in [1.82, 2.24) is 0 Å². The predicted octanol–water partition coefficient (Wildman–Crippen LogP) is 2.24. The van der Waals surface area contributed by atoms with E-state index in [0.29, 0.717) is 18.1 Å². The molecule has 1 saturated carbocycles. The molecule has 28 heavy (non-hydrogen) atoms. The van der Waals surface area contributed by atoms with E-state index in [2.05, 4.69) is 38.1 Å². The summed E-state index contributed by atoms with van der Waals surface area (Å²) in [6.07, 6.45) is -3.45. The highest BCUT2D eigenvalue weighted by atomic mass is 16.5. The van der Waals surface area contributed by atoms with Crippen molar-refractivity contribution >= 4 is 0 Å². The lowest BCUT2D eigenvalue weighted by Crippen LogP contribution is -2.56. The van der Waals surface area contributed by atoms with Crippen LogP contribution in [-0.4, -0.2) is 51.4 Å². The molecule has 1 aliphatic carbocycles. The molecule has 1 aliphatic rings. The van der Waals surface area contributed by atoms with E-state index >= 15 is 0 Å². The molecular weight excluding hydrogens is 356 g/mol.